The minimum atomic E-state index is 0.198. The summed E-state index contributed by atoms with van der Waals surface area (Å²) in [6.45, 7) is 3.51. The zero-order valence-electron chi connectivity index (χ0n) is 9.32. The summed E-state index contributed by atoms with van der Waals surface area (Å²) in [6, 6.07) is 3.84. The molecule has 0 aliphatic heterocycles. The third kappa shape index (κ3) is 2.58. The van der Waals surface area contributed by atoms with Gasteiger partial charge in [0, 0.05) is 11.8 Å². The van der Waals surface area contributed by atoms with E-state index in [0.717, 1.165) is 22.2 Å². The molecule has 0 saturated carbocycles. The van der Waals surface area contributed by atoms with Gasteiger partial charge in [-0.1, -0.05) is 0 Å². The molecule has 0 atom stereocenters. The standard InChI is InChI=1S/C12H13NO2S/c1-8(14)3-5-10-7-16-12(13-10)11-6-4-9(2)15-11/h4,6-7H,3,5H2,1-2H3. The molecule has 4 heteroatoms. The fourth-order valence-electron chi connectivity index (χ4n) is 1.39. The van der Waals surface area contributed by atoms with Gasteiger partial charge in [0.05, 0.1) is 5.69 Å². The zero-order valence-corrected chi connectivity index (χ0v) is 10.1. The number of hydrogen-bond donors (Lipinski definition) is 0. The zero-order chi connectivity index (χ0) is 11.5. The van der Waals surface area contributed by atoms with E-state index in [2.05, 4.69) is 4.98 Å². The highest BCUT2D eigenvalue weighted by atomic mass is 32.1. The van der Waals surface area contributed by atoms with Crippen LogP contribution in [0, 0.1) is 6.92 Å². The highest BCUT2D eigenvalue weighted by molar-refractivity contribution is 7.13. The summed E-state index contributed by atoms with van der Waals surface area (Å²) in [7, 11) is 0. The van der Waals surface area contributed by atoms with Gasteiger partial charge in [-0.05, 0) is 32.4 Å². The monoisotopic (exact) mass is 235 g/mol. The second-order valence-electron chi connectivity index (χ2n) is 3.76. The summed E-state index contributed by atoms with van der Waals surface area (Å²) in [5, 5.41) is 2.86. The summed E-state index contributed by atoms with van der Waals surface area (Å²) in [5.41, 5.74) is 0.962. The number of aromatic nitrogens is 1. The molecule has 2 rings (SSSR count). The maximum Gasteiger partial charge on any atom is 0.162 e. The van der Waals surface area contributed by atoms with Gasteiger partial charge in [0.15, 0.2) is 10.8 Å². The molecule has 0 unspecified atom stereocenters. The van der Waals surface area contributed by atoms with Crippen LogP contribution in [0.1, 0.15) is 24.8 Å². The Kier molecular flexibility index (Phi) is 3.19. The molecule has 0 aromatic carbocycles. The molecule has 16 heavy (non-hydrogen) atoms. The van der Waals surface area contributed by atoms with Crippen molar-refractivity contribution in [2.75, 3.05) is 0 Å². The van der Waals surface area contributed by atoms with Gasteiger partial charge in [-0.3, -0.25) is 0 Å². The number of aryl methyl sites for hydroxylation is 2. The lowest BCUT2D eigenvalue weighted by molar-refractivity contribution is -0.116. The number of hydrogen-bond acceptors (Lipinski definition) is 4. The van der Waals surface area contributed by atoms with E-state index in [1.165, 1.54) is 0 Å². The van der Waals surface area contributed by atoms with Gasteiger partial charge in [-0.15, -0.1) is 11.3 Å². The van der Waals surface area contributed by atoms with Crippen molar-refractivity contribution in [3.63, 3.8) is 0 Å². The molecule has 0 aliphatic rings. The number of carbonyl (C=O) groups is 1. The largest absolute Gasteiger partial charge is 0.459 e. The van der Waals surface area contributed by atoms with Crippen molar-refractivity contribution in [2.24, 2.45) is 0 Å². The Morgan fingerprint density at radius 2 is 2.31 bits per heavy atom. The van der Waals surface area contributed by atoms with Crippen molar-refractivity contribution < 1.29 is 9.21 Å². The van der Waals surface area contributed by atoms with Crippen LogP contribution in [0.3, 0.4) is 0 Å². The molecule has 2 aromatic rings. The van der Waals surface area contributed by atoms with Crippen LogP contribution in [0.4, 0.5) is 0 Å². The van der Waals surface area contributed by atoms with Crippen molar-refractivity contribution in [3.05, 3.63) is 29.0 Å². The molecular formula is C12H13NO2S. The van der Waals surface area contributed by atoms with Gasteiger partial charge < -0.3 is 9.21 Å². The normalized spacial score (nSPS) is 10.6. The van der Waals surface area contributed by atoms with E-state index in [0.29, 0.717) is 12.8 Å². The van der Waals surface area contributed by atoms with Crippen molar-refractivity contribution in [1.82, 2.24) is 4.98 Å². The SMILES string of the molecule is CC(=O)CCc1csc(-c2ccc(C)o2)n1. The molecule has 0 spiro atoms. The van der Waals surface area contributed by atoms with E-state index in [9.17, 15) is 4.79 Å². The number of rotatable bonds is 4. The molecule has 0 bridgehead atoms. The topological polar surface area (TPSA) is 43.1 Å². The van der Waals surface area contributed by atoms with E-state index in [-0.39, 0.29) is 5.78 Å². The number of nitrogens with zero attached hydrogens (tertiary/aromatic N) is 1. The Hall–Kier alpha value is -1.42. The summed E-state index contributed by atoms with van der Waals surface area (Å²) in [5.74, 6) is 1.88. The fraction of sp³-hybridized carbons (Fsp3) is 0.333. The van der Waals surface area contributed by atoms with Crippen molar-refractivity contribution in [1.29, 1.82) is 0 Å². The van der Waals surface area contributed by atoms with Crippen LogP contribution in [-0.2, 0) is 11.2 Å². The minimum absolute atomic E-state index is 0.198. The second-order valence-corrected chi connectivity index (χ2v) is 4.61. The van der Waals surface area contributed by atoms with Crippen LogP contribution >= 0.6 is 11.3 Å². The number of furan rings is 1. The van der Waals surface area contributed by atoms with E-state index in [1.807, 2.05) is 24.4 Å². The number of thiazole rings is 1. The summed E-state index contributed by atoms with van der Waals surface area (Å²) >= 11 is 1.55. The Labute approximate surface area is 98.1 Å². The van der Waals surface area contributed by atoms with Crippen molar-refractivity contribution in [2.45, 2.75) is 26.7 Å². The first-order chi connectivity index (χ1) is 7.65. The van der Waals surface area contributed by atoms with Gasteiger partial charge in [-0.2, -0.15) is 0 Å². The van der Waals surface area contributed by atoms with Crippen molar-refractivity contribution >= 4 is 17.1 Å². The first-order valence-corrected chi connectivity index (χ1v) is 6.04. The number of ketones is 1. The molecule has 0 N–H and O–H groups in total. The lowest BCUT2D eigenvalue weighted by Crippen LogP contribution is -1.93. The lowest BCUT2D eigenvalue weighted by atomic mass is 10.2. The Morgan fingerprint density at radius 1 is 1.50 bits per heavy atom. The summed E-state index contributed by atoms with van der Waals surface area (Å²) in [6.07, 6.45) is 1.27. The minimum Gasteiger partial charge on any atom is -0.459 e. The molecule has 0 radical (unpaired) electrons. The summed E-state index contributed by atoms with van der Waals surface area (Å²) in [4.78, 5) is 15.3. The molecule has 2 heterocycles. The Bertz CT molecular complexity index is 499. The maximum absolute atomic E-state index is 10.9. The third-order valence-corrected chi connectivity index (χ3v) is 3.14. The van der Waals surface area contributed by atoms with Crippen LogP contribution in [0.15, 0.2) is 21.9 Å². The van der Waals surface area contributed by atoms with Crippen LogP contribution in [0.5, 0.6) is 0 Å². The molecule has 2 aromatic heterocycles. The van der Waals surface area contributed by atoms with Gasteiger partial charge in [0.2, 0.25) is 0 Å². The Balaban J connectivity index is 2.10. The average Bonchev–Trinajstić information content (AvgIpc) is 2.83. The van der Waals surface area contributed by atoms with E-state index in [1.54, 1.807) is 18.3 Å². The third-order valence-electron chi connectivity index (χ3n) is 2.24. The smallest absolute Gasteiger partial charge is 0.162 e. The highest BCUT2D eigenvalue weighted by Crippen LogP contribution is 2.25. The van der Waals surface area contributed by atoms with Crippen LogP contribution in [0.25, 0.3) is 10.8 Å². The number of carbonyl (C=O) groups excluding carboxylic acids is 1. The first kappa shape index (κ1) is 11.1. The van der Waals surface area contributed by atoms with Gasteiger partial charge in [-0.25, -0.2) is 4.98 Å². The van der Waals surface area contributed by atoms with E-state index in [4.69, 9.17) is 4.42 Å². The van der Waals surface area contributed by atoms with Crippen molar-refractivity contribution in [3.8, 4) is 10.8 Å². The van der Waals surface area contributed by atoms with Crippen LogP contribution in [0.2, 0.25) is 0 Å². The fourth-order valence-corrected chi connectivity index (χ4v) is 2.20. The summed E-state index contributed by atoms with van der Waals surface area (Å²) < 4.78 is 5.49. The molecule has 84 valence electrons. The van der Waals surface area contributed by atoms with E-state index < -0.39 is 0 Å². The number of Topliss-reactive ketones (excluding diaryl/α,β-unsaturated/α-hetero) is 1. The van der Waals surface area contributed by atoms with Crippen LogP contribution < -0.4 is 0 Å². The average molecular weight is 235 g/mol. The van der Waals surface area contributed by atoms with Gasteiger partial charge in [0.1, 0.15) is 11.5 Å². The molecular weight excluding hydrogens is 222 g/mol. The van der Waals surface area contributed by atoms with Gasteiger partial charge in [0.25, 0.3) is 0 Å². The van der Waals surface area contributed by atoms with Crippen LogP contribution in [-0.4, -0.2) is 10.8 Å². The predicted octanol–water partition coefficient (Wildman–Crippen LogP) is 3.23. The second kappa shape index (κ2) is 4.61. The Morgan fingerprint density at radius 3 is 2.94 bits per heavy atom. The highest BCUT2D eigenvalue weighted by Gasteiger charge is 2.08. The lowest BCUT2D eigenvalue weighted by Gasteiger charge is -1.91. The molecule has 0 fully saturated rings. The molecule has 3 nitrogen and oxygen atoms in total. The molecule has 0 aliphatic carbocycles. The quantitative estimate of drug-likeness (QED) is 0.817. The maximum atomic E-state index is 10.9. The molecule has 0 saturated heterocycles. The first-order valence-electron chi connectivity index (χ1n) is 5.16. The predicted molar refractivity (Wildman–Crippen MR) is 63.6 cm³/mol. The van der Waals surface area contributed by atoms with Gasteiger partial charge >= 0.3 is 0 Å². The van der Waals surface area contributed by atoms with E-state index >= 15 is 0 Å². The molecule has 0 amide bonds.